The summed E-state index contributed by atoms with van der Waals surface area (Å²) >= 11 is 12.2. The van der Waals surface area contributed by atoms with Crippen molar-refractivity contribution in [3.05, 3.63) is 105 Å². The molecule has 0 fully saturated rings. The Kier molecular flexibility index (Phi) is 9.67. The van der Waals surface area contributed by atoms with Gasteiger partial charge in [0.2, 0.25) is 21.8 Å². The van der Waals surface area contributed by atoms with Crippen molar-refractivity contribution in [3.63, 3.8) is 0 Å². The summed E-state index contributed by atoms with van der Waals surface area (Å²) in [5, 5.41) is 3.64. The van der Waals surface area contributed by atoms with E-state index in [9.17, 15) is 22.4 Å². The van der Waals surface area contributed by atoms with Crippen LogP contribution in [0.25, 0.3) is 0 Å². The molecule has 0 bridgehead atoms. The SMILES string of the molecule is CN(CC(=O)N(Cc1ccc(F)cc1)[C@H](C(=O)NCc1ccc(Cl)cc1Cl)c1ccccc1)S(C)(=O)=O. The standard InChI is InChI=1S/C26H26Cl2FN3O4S/c1-31(37(2,35)36)17-24(33)32(16-18-8-12-22(29)13-9-18)25(19-6-4-3-5-7-19)26(34)30-15-20-10-11-21(27)14-23(20)28/h3-14,25H,15-17H2,1-2H3,(H,30,34)/t25-/m0/s1. The summed E-state index contributed by atoms with van der Waals surface area (Å²) < 4.78 is 38.4. The van der Waals surface area contributed by atoms with Gasteiger partial charge in [-0.05, 0) is 41.0 Å². The molecule has 0 aliphatic heterocycles. The van der Waals surface area contributed by atoms with Crippen molar-refractivity contribution in [2.75, 3.05) is 19.8 Å². The molecule has 1 N–H and O–H groups in total. The molecular weight excluding hydrogens is 540 g/mol. The van der Waals surface area contributed by atoms with Crippen molar-refractivity contribution in [1.82, 2.24) is 14.5 Å². The van der Waals surface area contributed by atoms with Crippen molar-refractivity contribution < 1.29 is 22.4 Å². The summed E-state index contributed by atoms with van der Waals surface area (Å²) in [6.45, 7) is -0.481. The fraction of sp³-hybridized carbons (Fsp3) is 0.231. The van der Waals surface area contributed by atoms with Crippen LogP contribution in [0.3, 0.4) is 0 Å². The van der Waals surface area contributed by atoms with Crippen LogP contribution in [-0.4, -0.2) is 49.3 Å². The first-order valence-corrected chi connectivity index (χ1v) is 13.8. The average molecular weight is 566 g/mol. The first-order chi connectivity index (χ1) is 17.5. The number of carbonyl (C=O) groups is 2. The minimum atomic E-state index is -3.66. The van der Waals surface area contributed by atoms with Crippen molar-refractivity contribution in [3.8, 4) is 0 Å². The molecule has 0 saturated heterocycles. The highest BCUT2D eigenvalue weighted by Crippen LogP contribution is 2.26. The number of sulfonamides is 1. The molecule has 0 aliphatic rings. The summed E-state index contributed by atoms with van der Waals surface area (Å²) in [6.07, 6.45) is 0.988. The van der Waals surface area contributed by atoms with Gasteiger partial charge in [-0.3, -0.25) is 9.59 Å². The Morgan fingerprint density at radius 3 is 2.24 bits per heavy atom. The van der Waals surface area contributed by atoms with E-state index in [2.05, 4.69) is 5.32 Å². The lowest BCUT2D eigenvalue weighted by atomic mass is 10.0. The number of amides is 2. The largest absolute Gasteiger partial charge is 0.350 e. The van der Waals surface area contributed by atoms with E-state index in [1.54, 1.807) is 48.5 Å². The molecule has 2 amide bonds. The highest BCUT2D eigenvalue weighted by atomic mass is 35.5. The zero-order valence-corrected chi connectivity index (χ0v) is 22.5. The Labute approximate surface area is 225 Å². The molecule has 0 unspecified atom stereocenters. The maximum absolute atomic E-state index is 13.6. The Hall–Kier alpha value is -2.98. The second-order valence-electron chi connectivity index (χ2n) is 8.43. The van der Waals surface area contributed by atoms with Crippen molar-refractivity contribution in [1.29, 1.82) is 0 Å². The number of benzene rings is 3. The van der Waals surface area contributed by atoms with E-state index in [-0.39, 0.29) is 13.1 Å². The minimum absolute atomic E-state index is 0.0641. The van der Waals surface area contributed by atoms with Crippen molar-refractivity contribution in [2.45, 2.75) is 19.1 Å². The van der Waals surface area contributed by atoms with E-state index in [1.807, 2.05) is 0 Å². The maximum atomic E-state index is 13.6. The van der Waals surface area contributed by atoms with Crippen LogP contribution < -0.4 is 5.32 Å². The lowest BCUT2D eigenvalue weighted by Gasteiger charge is -2.32. The lowest BCUT2D eigenvalue weighted by molar-refractivity contribution is -0.141. The molecule has 196 valence electrons. The van der Waals surface area contributed by atoms with Crippen LogP contribution in [0, 0.1) is 5.82 Å². The number of nitrogens with one attached hydrogen (secondary N) is 1. The van der Waals surface area contributed by atoms with Crippen LogP contribution in [0.1, 0.15) is 22.7 Å². The van der Waals surface area contributed by atoms with Gasteiger partial charge < -0.3 is 10.2 Å². The lowest BCUT2D eigenvalue weighted by Crippen LogP contribution is -2.47. The predicted octanol–water partition coefficient (Wildman–Crippen LogP) is 4.41. The molecule has 3 rings (SSSR count). The van der Waals surface area contributed by atoms with Gasteiger partial charge >= 0.3 is 0 Å². The Bertz CT molecular complexity index is 1360. The van der Waals surface area contributed by atoms with Crippen LogP contribution in [-0.2, 0) is 32.7 Å². The molecule has 3 aromatic carbocycles. The second kappa shape index (κ2) is 12.5. The molecule has 7 nitrogen and oxygen atoms in total. The van der Waals surface area contributed by atoms with Gasteiger partial charge in [-0.1, -0.05) is 71.7 Å². The van der Waals surface area contributed by atoms with Crippen LogP contribution in [0.15, 0.2) is 72.8 Å². The van der Waals surface area contributed by atoms with Gasteiger partial charge in [0, 0.05) is 30.2 Å². The average Bonchev–Trinajstić information content (AvgIpc) is 2.84. The Morgan fingerprint density at radius 2 is 1.65 bits per heavy atom. The first kappa shape index (κ1) is 28.6. The van der Waals surface area contributed by atoms with Crippen molar-refractivity contribution >= 4 is 45.0 Å². The third kappa shape index (κ3) is 8.00. The third-order valence-corrected chi connectivity index (χ3v) is 7.50. The quantitative estimate of drug-likeness (QED) is 0.394. The first-order valence-electron chi connectivity index (χ1n) is 11.2. The molecule has 0 aromatic heterocycles. The van der Waals surface area contributed by atoms with E-state index in [4.69, 9.17) is 23.2 Å². The van der Waals surface area contributed by atoms with Crippen molar-refractivity contribution in [2.24, 2.45) is 0 Å². The summed E-state index contributed by atoms with van der Waals surface area (Å²) in [5.74, 6) is -1.56. The topological polar surface area (TPSA) is 86.8 Å². The van der Waals surface area contributed by atoms with Gasteiger partial charge in [-0.2, -0.15) is 4.31 Å². The highest BCUT2D eigenvalue weighted by molar-refractivity contribution is 7.88. The smallest absolute Gasteiger partial charge is 0.247 e. The Morgan fingerprint density at radius 1 is 1.00 bits per heavy atom. The second-order valence-corrected chi connectivity index (χ2v) is 11.4. The van der Waals surface area contributed by atoms with Gasteiger partial charge in [0.1, 0.15) is 11.9 Å². The third-order valence-electron chi connectivity index (χ3n) is 5.65. The van der Waals surface area contributed by atoms with Gasteiger partial charge in [-0.15, -0.1) is 0 Å². The summed E-state index contributed by atoms with van der Waals surface area (Å²) in [7, 11) is -2.38. The molecule has 0 heterocycles. The summed E-state index contributed by atoms with van der Waals surface area (Å²) in [4.78, 5) is 28.4. The molecule has 37 heavy (non-hydrogen) atoms. The van der Waals surface area contributed by atoms with Gasteiger partial charge in [0.25, 0.3) is 0 Å². The number of likely N-dealkylation sites (N-methyl/N-ethyl adjacent to an activating group) is 1. The molecule has 0 spiro atoms. The molecule has 0 aliphatic carbocycles. The molecule has 0 radical (unpaired) electrons. The normalized spacial score (nSPS) is 12.3. The van der Waals surface area contributed by atoms with Crippen LogP contribution in [0.5, 0.6) is 0 Å². The van der Waals surface area contributed by atoms with Gasteiger partial charge in [0.05, 0.1) is 12.8 Å². The summed E-state index contributed by atoms with van der Waals surface area (Å²) in [6, 6.07) is 17.9. The number of hydrogen-bond acceptors (Lipinski definition) is 4. The minimum Gasteiger partial charge on any atom is -0.350 e. The van der Waals surface area contributed by atoms with Gasteiger partial charge in [0.15, 0.2) is 0 Å². The number of hydrogen-bond donors (Lipinski definition) is 1. The fourth-order valence-corrected chi connectivity index (χ4v) is 4.38. The van der Waals surface area contributed by atoms with Crippen LogP contribution >= 0.6 is 23.2 Å². The number of nitrogens with zero attached hydrogens (tertiary/aromatic N) is 2. The zero-order chi connectivity index (χ0) is 27.2. The highest BCUT2D eigenvalue weighted by Gasteiger charge is 2.33. The van der Waals surface area contributed by atoms with Crippen LogP contribution in [0.4, 0.5) is 4.39 Å². The Balaban J connectivity index is 1.98. The van der Waals surface area contributed by atoms with E-state index >= 15 is 0 Å². The maximum Gasteiger partial charge on any atom is 0.247 e. The molecule has 3 aromatic rings. The van der Waals surface area contributed by atoms with Crippen LogP contribution in [0.2, 0.25) is 10.0 Å². The monoisotopic (exact) mass is 565 g/mol. The molecular formula is C26H26Cl2FN3O4S. The van der Waals surface area contributed by atoms with E-state index in [0.29, 0.717) is 26.7 Å². The summed E-state index contributed by atoms with van der Waals surface area (Å²) in [5.41, 5.74) is 1.70. The number of halogens is 3. The van der Waals surface area contributed by atoms with E-state index < -0.39 is 40.2 Å². The number of rotatable bonds is 10. The zero-order valence-electron chi connectivity index (χ0n) is 20.2. The molecule has 11 heteroatoms. The fourth-order valence-electron chi connectivity index (χ4n) is 3.56. The molecule has 1 atom stereocenters. The molecule has 0 saturated carbocycles. The number of carbonyl (C=O) groups excluding carboxylic acids is 2. The predicted molar refractivity (Wildman–Crippen MR) is 142 cm³/mol. The van der Waals surface area contributed by atoms with Gasteiger partial charge in [-0.25, -0.2) is 12.8 Å². The van der Waals surface area contributed by atoms with E-state index in [1.165, 1.54) is 36.2 Å². The van der Waals surface area contributed by atoms with E-state index in [0.717, 1.165) is 10.6 Å².